The third-order valence-corrected chi connectivity index (χ3v) is 5.18. The molecule has 24 heavy (non-hydrogen) atoms. The van der Waals surface area contributed by atoms with E-state index >= 15 is 0 Å². The van der Waals surface area contributed by atoms with Gasteiger partial charge in [0.25, 0.3) is 0 Å². The van der Waals surface area contributed by atoms with E-state index < -0.39 is 0 Å². The van der Waals surface area contributed by atoms with Gasteiger partial charge in [0.1, 0.15) is 0 Å². The van der Waals surface area contributed by atoms with Gasteiger partial charge in [-0.3, -0.25) is 9.59 Å². The van der Waals surface area contributed by atoms with E-state index in [0.717, 1.165) is 23.9 Å². The van der Waals surface area contributed by atoms with Gasteiger partial charge in [0.15, 0.2) is 5.16 Å². The molecule has 1 aromatic carbocycles. The number of nitrogens with zero attached hydrogens (tertiary/aromatic N) is 2. The summed E-state index contributed by atoms with van der Waals surface area (Å²) in [7, 11) is 0. The normalized spacial score (nSPS) is 15.7. The van der Waals surface area contributed by atoms with Crippen LogP contribution in [0.4, 0.5) is 0 Å². The summed E-state index contributed by atoms with van der Waals surface area (Å²) in [5, 5.41) is 4.38. The molecule has 3 rings (SSSR count). The molecule has 8 heteroatoms. The van der Waals surface area contributed by atoms with Crippen LogP contribution in [0.25, 0.3) is 11.0 Å². The number of nitrogens with one attached hydrogen (secondary N) is 2. The molecule has 0 radical (unpaired) electrons. The standard InChI is InChI=1S/C16H19ClN4O2S/c1-10(22)21-6-4-12(5-7-21)18-15(23)9-24-16-19-13-3-2-11(17)8-14(13)20-16/h2-3,8,12H,4-7,9H2,1H3,(H,18,23)(H,19,20). The number of aromatic amines is 1. The Morgan fingerprint density at radius 3 is 2.88 bits per heavy atom. The molecule has 2 aromatic rings. The first-order valence-electron chi connectivity index (χ1n) is 7.84. The highest BCUT2D eigenvalue weighted by Crippen LogP contribution is 2.22. The number of piperidine rings is 1. The van der Waals surface area contributed by atoms with Crippen LogP contribution < -0.4 is 5.32 Å². The van der Waals surface area contributed by atoms with Gasteiger partial charge in [0.05, 0.1) is 16.8 Å². The van der Waals surface area contributed by atoms with E-state index in [1.807, 2.05) is 17.0 Å². The Morgan fingerprint density at radius 2 is 2.17 bits per heavy atom. The molecule has 6 nitrogen and oxygen atoms in total. The maximum absolute atomic E-state index is 12.1. The lowest BCUT2D eigenvalue weighted by Crippen LogP contribution is -2.46. The largest absolute Gasteiger partial charge is 0.353 e. The second-order valence-corrected chi connectivity index (χ2v) is 7.24. The number of amides is 2. The lowest BCUT2D eigenvalue weighted by Gasteiger charge is -2.31. The summed E-state index contributed by atoms with van der Waals surface area (Å²) in [4.78, 5) is 32.8. The van der Waals surface area contributed by atoms with Crippen molar-refractivity contribution in [1.82, 2.24) is 20.2 Å². The van der Waals surface area contributed by atoms with Crippen LogP contribution in [0.1, 0.15) is 19.8 Å². The molecule has 0 spiro atoms. The monoisotopic (exact) mass is 366 g/mol. The lowest BCUT2D eigenvalue weighted by molar-refractivity contribution is -0.130. The van der Waals surface area contributed by atoms with E-state index in [0.29, 0.717) is 29.0 Å². The van der Waals surface area contributed by atoms with Crippen LogP contribution in [0.15, 0.2) is 23.4 Å². The number of imidazole rings is 1. The van der Waals surface area contributed by atoms with Gasteiger partial charge in [-0.1, -0.05) is 23.4 Å². The molecule has 0 bridgehead atoms. The van der Waals surface area contributed by atoms with E-state index in [-0.39, 0.29) is 17.9 Å². The van der Waals surface area contributed by atoms with Crippen LogP contribution in [0.5, 0.6) is 0 Å². The van der Waals surface area contributed by atoms with Gasteiger partial charge in [-0.05, 0) is 31.0 Å². The van der Waals surface area contributed by atoms with Crippen LogP contribution in [-0.2, 0) is 9.59 Å². The fourth-order valence-corrected chi connectivity index (χ4v) is 3.64. The molecule has 0 aliphatic carbocycles. The molecular weight excluding hydrogens is 348 g/mol. The number of thioether (sulfide) groups is 1. The first-order valence-corrected chi connectivity index (χ1v) is 9.20. The molecule has 1 fully saturated rings. The molecule has 1 aliphatic rings. The summed E-state index contributed by atoms with van der Waals surface area (Å²) >= 11 is 7.32. The first kappa shape index (κ1) is 17.1. The molecule has 0 saturated carbocycles. The number of H-pyrrole nitrogens is 1. The van der Waals surface area contributed by atoms with Gasteiger partial charge in [0, 0.05) is 31.1 Å². The van der Waals surface area contributed by atoms with E-state index in [2.05, 4.69) is 15.3 Å². The highest BCUT2D eigenvalue weighted by atomic mass is 35.5. The Labute approximate surface area is 149 Å². The van der Waals surface area contributed by atoms with Gasteiger partial charge in [-0.25, -0.2) is 4.98 Å². The number of hydrogen-bond donors (Lipinski definition) is 2. The minimum absolute atomic E-state index is 0.0141. The minimum Gasteiger partial charge on any atom is -0.353 e. The van der Waals surface area contributed by atoms with Gasteiger partial charge in [-0.2, -0.15) is 0 Å². The number of carbonyl (C=O) groups is 2. The minimum atomic E-state index is -0.0141. The molecule has 2 heterocycles. The van der Waals surface area contributed by atoms with E-state index in [4.69, 9.17) is 11.6 Å². The smallest absolute Gasteiger partial charge is 0.230 e. The molecule has 0 unspecified atom stereocenters. The van der Waals surface area contributed by atoms with Gasteiger partial charge >= 0.3 is 0 Å². The number of likely N-dealkylation sites (tertiary alicyclic amines) is 1. The summed E-state index contributed by atoms with van der Waals surface area (Å²) in [6, 6.07) is 5.60. The maximum atomic E-state index is 12.1. The first-order chi connectivity index (χ1) is 11.5. The molecule has 1 aromatic heterocycles. The van der Waals surface area contributed by atoms with Crippen LogP contribution in [-0.4, -0.2) is 51.6 Å². The Morgan fingerprint density at radius 1 is 1.42 bits per heavy atom. The average molecular weight is 367 g/mol. The molecule has 1 saturated heterocycles. The van der Waals surface area contributed by atoms with Crippen molar-refractivity contribution >= 4 is 46.2 Å². The fourth-order valence-electron chi connectivity index (χ4n) is 2.77. The third kappa shape index (κ3) is 4.21. The van der Waals surface area contributed by atoms with Gasteiger partial charge in [-0.15, -0.1) is 0 Å². The van der Waals surface area contributed by atoms with Crippen molar-refractivity contribution in [2.45, 2.75) is 31.0 Å². The third-order valence-electron chi connectivity index (χ3n) is 4.07. The van der Waals surface area contributed by atoms with Crippen molar-refractivity contribution in [1.29, 1.82) is 0 Å². The zero-order valence-corrected chi connectivity index (χ0v) is 14.9. The van der Waals surface area contributed by atoms with Crippen LogP contribution in [0, 0.1) is 0 Å². The Bertz CT molecular complexity index is 756. The van der Waals surface area contributed by atoms with Crippen molar-refractivity contribution in [3.05, 3.63) is 23.2 Å². The van der Waals surface area contributed by atoms with Crippen LogP contribution in [0.3, 0.4) is 0 Å². The second kappa shape index (κ2) is 7.44. The number of carbonyl (C=O) groups excluding carboxylic acids is 2. The molecule has 2 N–H and O–H groups in total. The summed E-state index contributed by atoms with van der Waals surface area (Å²) in [6.07, 6.45) is 1.61. The van der Waals surface area contributed by atoms with E-state index in [1.54, 1.807) is 13.0 Å². The Balaban J connectivity index is 1.47. The average Bonchev–Trinajstić information content (AvgIpc) is 2.95. The van der Waals surface area contributed by atoms with Crippen molar-refractivity contribution < 1.29 is 9.59 Å². The number of rotatable bonds is 4. The van der Waals surface area contributed by atoms with Crippen molar-refractivity contribution in [3.8, 4) is 0 Å². The molecular formula is C16H19ClN4O2S. The van der Waals surface area contributed by atoms with Gasteiger partial charge in [0.2, 0.25) is 11.8 Å². The summed E-state index contributed by atoms with van der Waals surface area (Å²) in [6.45, 7) is 2.99. The molecule has 128 valence electrons. The summed E-state index contributed by atoms with van der Waals surface area (Å²) in [5.41, 5.74) is 1.70. The van der Waals surface area contributed by atoms with Crippen molar-refractivity contribution in [2.24, 2.45) is 0 Å². The molecule has 0 atom stereocenters. The summed E-state index contributed by atoms with van der Waals surface area (Å²) in [5.74, 6) is 0.389. The van der Waals surface area contributed by atoms with E-state index in [9.17, 15) is 9.59 Å². The van der Waals surface area contributed by atoms with Gasteiger partial charge < -0.3 is 15.2 Å². The quantitative estimate of drug-likeness (QED) is 0.815. The number of hydrogen-bond acceptors (Lipinski definition) is 4. The Kier molecular flexibility index (Phi) is 5.30. The predicted molar refractivity (Wildman–Crippen MR) is 95.2 cm³/mol. The van der Waals surface area contributed by atoms with Crippen LogP contribution >= 0.6 is 23.4 Å². The number of fused-ring (bicyclic) bond motifs is 1. The van der Waals surface area contributed by atoms with Crippen LogP contribution in [0.2, 0.25) is 5.02 Å². The number of benzene rings is 1. The second-order valence-electron chi connectivity index (χ2n) is 5.84. The molecule has 2 amide bonds. The Hall–Kier alpha value is -1.73. The maximum Gasteiger partial charge on any atom is 0.230 e. The van der Waals surface area contributed by atoms with Crippen molar-refractivity contribution in [2.75, 3.05) is 18.8 Å². The number of halogens is 1. The highest BCUT2D eigenvalue weighted by Gasteiger charge is 2.22. The fraction of sp³-hybridized carbons (Fsp3) is 0.438. The SMILES string of the molecule is CC(=O)N1CCC(NC(=O)CSc2nc3ccc(Cl)cc3[nH]2)CC1. The van der Waals surface area contributed by atoms with E-state index in [1.165, 1.54) is 11.8 Å². The lowest BCUT2D eigenvalue weighted by atomic mass is 10.1. The highest BCUT2D eigenvalue weighted by molar-refractivity contribution is 7.99. The summed E-state index contributed by atoms with van der Waals surface area (Å²) < 4.78 is 0. The predicted octanol–water partition coefficient (Wildman–Crippen LogP) is 2.44. The topological polar surface area (TPSA) is 78.1 Å². The number of aromatic nitrogens is 2. The zero-order valence-electron chi connectivity index (χ0n) is 13.3. The van der Waals surface area contributed by atoms with Crippen molar-refractivity contribution in [3.63, 3.8) is 0 Å². The molecule has 1 aliphatic heterocycles. The zero-order chi connectivity index (χ0) is 17.1.